The van der Waals surface area contributed by atoms with Crippen molar-refractivity contribution in [1.82, 2.24) is 30.4 Å². The Kier molecular flexibility index (Phi) is 8.03. The number of pyridine rings is 1. The number of fused-ring (bicyclic) bond motifs is 3. The summed E-state index contributed by atoms with van der Waals surface area (Å²) < 4.78 is 29.1. The van der Waals surface area contributed by atoms with Crippen molar-refractivity contribution in [3.05, 3.63) is 59.4 Å². The van der Waals surface area contributed by atoms with Crippen LogP contribution in [0.5, 0.6) is 0 Å². The highest BCUT2D eigenvalue weighted by Crippen LogP contribution is 2.70. The summed E-state index contributed by atoms with van der Waals surface area (Å²) in [5.74, 6) is -2.16. The summed E-state index contributed by atoms with van der Waals surface area (Å²) in [7, 11) is 0. The first-order valence-electron chi connectivity index (χ1n) is 20.2. The van der Waals surface area contributed by atoms with Crippen molar-refractivity contribution in [2.24, 2.45) is 22.7 Å². The smallest absolute Gasteiger partial charge is 0.258 e. The molecule has 3 amide bonds. The van der Waals surface area contributed by atoms with Crippen LogP contribution in [0.25, 0.3) is 22.3 Å². The average molecular weight is 751 g/mol. The van der Waals surface area contributed by atoms with Crippen LogP contribution in [-0.2, 0) is 27.2 Å². The third kappa shape index (κ3) is 5.70. The highest BCUT2D eigenvalue weighted by atomic mass is 19.3. The second-order valence-electron chi connectivity index (χ2n) is 17.5. The quantitative estimate of drug-likeness (QED) is 0.199. The normalized spacial score (nSPS) is 27.8. The molecule has 1 spiro atoms. The van der Waals surface area contributed by atoms with Gasteiger partial charge in [-0.05, 0) is 107 Å². The first-order chi connectivity index (χ1) is 26.5. The molecular formula is C42H48F2N8O3. The number of nitrogens with zero attached hydrogens (tertiary/aromatic N) is 5. The summed E-state index contributed by atoms with van der Waals surface area (Å²) in [6, 6.07) is 12.1. The van der Waals surface area contributed by atoms with E-state index in [1.54, 1.807) is 13.1 Å². The minimum absolute atomic E-state index is 0.203. The van der Waals surface area contributed by atoms with Gasteiger partial charge in [-0.25, -0.2) is 13.8 Å². The second kappa shape index (κ2) is 12.7. The molecule has 1 aromatic carbocycles. The number of hydrogen-bond donors (Lipinski definition) is 3. The molecule has 0 bridgehead atoms. The van der Waals surface area contributed by atoms with Crippen LogP contribution >= 0.6 is 0 Å². The number of imide groups is 1. The minimum atomic E-state index is -2.63. The molecule has 3 aromatic heterocycles. The lowest BCUT2D eigenvalue weighted by molar-refractivity contribution is -0.134. The summed E-state index contributed by atoms with van der Waals surface area (Å²) in [5, 5.41) is 11.0. The zero-order chi connectivity index (χ0) is 37.7. The van der Waals surface area contributed by atoms with Gasteiger partial charge < -0.3 is 19.7 Å². The minimum Gasteiger partial charge on any atom is -0.357 e. The maximum absolute atomic E-state index is 14.5. The molecule has 0 radical (unpaired) electrons. The number of nitrogens with one attached hydrogen (secondary N) is 3. The fourth-order valence-electron chi connectivity index (χ4n) is 10.6. The predicted octanol–water partition coefficient (Wildman–Crippen LogP) is 5.97. The van der Waals surface area contributed by atoms with Crippen molar-refractivity contribution >= 4 is 40.1 Å². The zero-order valence-electron chi connectivity index (χ0n) is 31.3. The Balaban J connectivity index is 0.711. The number of aromatic nitrogens is 4. The first-order valence-corrected chi connectivity index (χ1v) is 20.2. The Hall–Kier alpha value is -4.65. The van der Waals surface area contributed by atoms with Gasteiger partial charge in [-0.15, -0.1) is 0 Å². The van der Waals surface area contributed by atoms with Gasteiger partial charge in [-0.1, -0.05) is 19.1 Å². The van der Waals surface area contributed by atoms with Crippen LogP contribution in [0.1, 0.15) is 81.0 Å². The monoisotopic (exact) mass is 750 g/mol. The van der Waals surface area contributed by atoms with E-state index in [9.17, 15) is 23.2 Å². The summed E-state index contributed by atoms with van der Waals surface area (Å²) in [6.45, 7) is 7.27. The number of amides is 3. The highest BCUT2D eigenvalue weighted by Gasteiger charge is 2.78. The van der Waals surface area contributed by atoms with E-state index in [4.69, 9.17) is 0 Å². The van der Waals surface area contributed by atoms with E-state index >= 15 is 0 Å². The fraction of sp³-hybridized carbons (Fsp3) is 0.548. The Bertz CT molecular complexity index is 2180. The van der Waals surface area contributed by atoms with Crippen molar-refractivity contribution in [2.45, 2.75) is 83.0 Å². The van der Waals surface area contributed by atoms with Gasteiger partial charge in [0.15, 0.2) is 0 Å². The number of aromatic amines is 2. The number of piperidine rings is 3. The molecule has 55 heavy (non-hydrogen) atoms. The van der Waals surface area contributed by atoms with E-state index in [2.05, 4.69) is 35.3 Å². The summed E-state index contributed by atoms with van der Waals surface area (Å²) in [6.07, 6.45) is 9.39. The number of anilines is 2. The van der Waals surface area contributed by atoms with Gasteiger partial charge >= 0.3 is 0 Å². The molecule has 10 rings (SSSR count). The van der Waals surface area contributed by atoms with E-state index in [1.807, 2.05) is 41.3 Å². The van der Waals surface area contributed by atoms with E-state index < -0.39 is 17.3 Å². The molecule has 7 heterocycles. The molecule has 5 fully saturated rings. The molecule has 13 heteroatoms. The van der Waals surface area contributed by atoms with Gasteiger partial charge in [0.25, 0.3) is 5.92 Å². The molecule has 288 valence electrons. The third-order valence-corrected chi connectivity index (χ3v) is 14.5. The molecule has 4 aliphatic heterocycles. The summed E-state index contributed by atoms with van der Waals surface area (Å²) >= 11 is 0. The van der Waals surface area contributed by atoms with Gasteiger partial charge in [0, 0.05) is 77.9 Å². The summed E-state index contributed by atoms with van der Waals surface area (Å²) in [4.78, 5) is 52.8. The lowest BCUT2D eigenvalue weighted by atomic mass is 9.77. The zero-order valence-corrected chi connectivity index (χ0v) is 31.3. The number of carbonyl (C=O) groups is 3. The number of likely N-dealkylation sites (tertiary alicyclic amines) is 1. The van der Waals surface area contributed by atoms with Crippen LogP contribution in [0.3, 0.4) is 0 Å². The Labute approximate surface area is 318 Å². The number of H-pyrrole nitrogens is 2. The van der Waals surface area contributed by atoms with Crippen molar-refractivity contribution in [2.75, 3.05) is 49.1 Å². The summed E-state index contributed by atoms with van der Waals surface area (Å²) in [5.41, 5.74) is 4.65. The van der Waals surface area contributed by atoms with Gasteiger partial charge in [-0.2, -0.15) is 5.10 Å². The molecule has 11 nitrogen and oxygen atoms in total. The lowest BCUT2D eigenvalue weighted by Crippen LogP contribution is -2.45. The number of carbonyl (C=O) groups excluding carboxylic acids is 3. The van der Waals surface area contributed by atoms with Crippen molar-refractivity contribution < 1.29 is 23.2 Å². The molecule has 1 unspecified atom stereocenters. The fourth-order valence-corrected chi connectivity index (χ4v) is 10.6. The average Bonchev–Trinajstić information content (AvgIpc) is 3.70. The Morgan fingerprint density at radius 2 is 1.75 bits per heavy atom. The second-order valence-corrected chi connectivity index (χ2v) is 17.5. The van der Waals surface area contributed by atoms with Gasteiger partial charge in [0.2, 0.25) is 17.7 Å². The highest BCUT2D eigenvalue weighted by molar-refractivity contribution is 6.02. The first kappa shape index (κ1) is 34.8. The molecule has 3 N–H and O–H groups in total. The van der Waals surface area contributed by atoms with Crippen LogP contribution in [0.4, 0.5) is 20.3 Å². The van der Waals surface area contributed by atoms with Crippen molar-refractivity contribution in [1.29, 1.82) is 0 Å². The Morgan fingerprint density at radius 1 is 0.945 bits per heavy atom. The standard InChI is InChI=1S/C42H48F2N8O3/c1-40-23-33-30(22-34(40)42(40,43)44)37(49-48-33)32-20-26-2-4-28(21-31(26)46-32)52-19-13-41(39(52)55)11-17-50(18-12-41)14-8-25-9-15-51(16-10-25)35-6-3-27(24-45-35)29-5-7-36(53)47-38(29)54/h2-4,6,20-21,24-25,29,34,46H,5,7-19,22-23H2,1H3,(H,48,49)(H,47,53,54)/t29?,34-,40+/m0/s1. The van der Waals surface area contributed by atoms with E-state index in [-0.39, 0.29) is 29.1 Å². The van der Waals surface area contributed by atoms with Crippen molar-refractivity contribution in [3.63, 3.8) is 0 Å². The van der Waals surface area contributed by atoms with Gasteiger partial charge in [0.05, 0.1) is 17.0 Å². The van der Waals surface area contributed by atoms with Crippen LogP contribution in [-0.4, -0.2) is 88.0 Å². The van der Waals surface area contributed by atoms with E-state index in [0.717, 1.165) is 122 Å². The number of rotatable bonds is 7. The number of benzene rings is 1. The van der Waals surface area contributed by atoms with Crippen LogP contribution in [0.15, 0.2) is 42.6 Å². The topological polar surface area (TPSA) is 130 Å². The van der Waals surface area contributed by atoms with Crippen LogP contribution in [0.2, 0.25) is 0 Å². The van der Waals surface area contributed by atoms with E-state index in [0.29, 0.717) is 38.1 Å². The maximum atomic E-state index is 14.5. The molecule has 1 saturated carbocycles. The van der Waals surface area contributed by atoms with Gasteiger partial charge in [0.1, 0.15) is 11.5 Å². The molecule has 4 saturated heterocycles. The maximum Gasteiger partial charge on any atom is 0.258 e. The van der Waals surface area contributed by atoms with Crippen LogP contribution < -0.4 is 15.1 Å². The number of hydrogen-bond acceptors (Lipinski definition) is 7. The lowest BCUT2D eigenvalue weighted by Gasteiger charge is -2.39. The molecular weight excluding hydrogens is 703 g/mol. The number of alkyl halides is 2. The van der Waals surface area contributed by atoms with Gasteiger partial charge in [-0.3, -0.25) is 24.8 Å². The van der Waals surface area contributed by atoms with Crippen molar-refractivity contribution in [3.8, 4) is 11.4 Å². The number of halogens is 2. The SMILES string of the molecule is C[C@@]12Cc3[nH]nc(-c4cc5ccc(N6CCC7(CCN(CCC8CCN(c9ccc(C%10CCC(=O)NC%10=O)cn9)CC8)CC7)C6=O)cc5[nH]4)c3C[C@@H]1C2(F)F. The third-order valence-electron chi connectivity index (χ3n) is 14.5. The predicted molar refractivity (Wildman–Crippen MR) is 204 cm³/mol. The molecule has 6 aliphatic rings. The molecule has 2 aliphatic carbocycles. The van der Waals surface area contributed by atoms with Crippen LogP contribution in [0, 0.1) is 22.7 Å². The Morgan fingerprint density at radius 3 is 2.51 bits per heavy atom. The largest absolute Gasteiger partial charge is 0.357 e. The molecule has 3 atom stereocenters. The van der Waals surface area contributed by atoms with E-state index in [1.165, 1.54) is 0 Å². The molecule has 4 aromatic rings.